The van der Waals surface area contributed by atoms with Gasteiger partial charge in [-0.1, -0.05) is 6.92 Å². The van der Waals surface area contributed by atoms with Crippen LogP contribution in [0, 0.1) is 12.3 Å². The Labute approximate surface area is 91.5 Å². The monoisotopic (exact) mass is 205 g/mol. The van der Waals surface area contributed by atoms with Crippen molar-refractivity contribution >= 4 is 5.69 Å². The van der Waals surface area contributed by atoms with Gasteiger partial charge in [0.05, 0.1) is 11.9 Å². The number of hydrogen-bond acceptors (Lipinski definition) is 3. The Balaban J connectivity index is 1.97. The molecule has 3 nitrogen and oxygen atoms in total. The quantitative estimate of drug-likeness (QED) is 0.809. The maximum atomic E-state index is 4.32. The Kier molecular flexibility index (Phi) is 2.65. The fourth-order valence-corrected chi connectivity index (χ4v) is 2.24. The minimum absolute atomic E-state index is 0.430. The second-order valence-corrected chi connectivity index (χ2v) is 4.85. The number of nitrogens with zero attached hydrogens (tertiary/aromatic N) is 2. The number of pyridine rings is 1. The second-order valence-electron chi connectivity index (χ2n) is 4.85. The predicted octanol–water partition coefficient (Wildman–Crippen LogP) is 1.44. The van der Waals surface area contributed by atoms with Gasteiger partial charge in [-0.25, -0.2) is 0 Å². The third-order valence-corrected chi connectivity index (χ3v) is 3.01. The molecular weight excluding hydrogens is 186 g/mol. The first-order valence-electron chi connectivity index (χ1n) is 5.45. The first-order valence-corrected chi connectivity index (χ1v) is 5.45. The molecule has 0 bridgehead atoms. The van der Waals surface area contributed by atoms with E-state index in [1.54, 1.807) is 0 Å². The molecule has 0 unspecified atom stereocenters. The highest BCUT2D eigenvalue weighted by Crippen LogP contribution is 2.32. The highest BCUT2D eigenvalue weighted by Gasteiger charge is 2.38. The molecule has 1 N–H and O–H groups in total. The van der Waals surface area contributed by atoms with Crippen molar-refractivity contribution in [3.8, 4) is 0 Å². The fraction of sp³-hybridized carbons (Fsp3) is 0.583. The highest BCUT2D eigenvalue weighted by atomic mass is 15.2. The molecule has 82 valence electrons. The topological polar surface area (TPSA) is 28.2 Å². The van der Waals surface area contributed by atoms with Crippen LogP contribution in [0.1, 0.15) is 12.6 Å². The van der Waals surface area contributed by atoms with Gasteiger partial charge in [0.15, 0.2) is 0 Å². The molecule has 0 spiro atoms. The highest BCUT2D eigenvalue weighted by molar-refractivity contribution is 5.48. The van der Waals surface area contributed by atoms with E-state index in [2.05, 4.69) is 34.3 Å². The number of anilines is 1. The zero-order valence-corrected chi connectivity index (χ0v) is 9.75. The third kappa shape index (κ3) is 2.12. The van der Waals surface area contributed by atoms with E-state index in [1.807, 2.05) is 20.2 Å². The van der Waals surface area contributed by atoms with Crippen molar-refractivity contribution in [3.05, 3.63) is 24.0 Å². The fourth-order valence-electron chi connectivity index (χ4n) is 2.24. The summed E-state index contributed by atoms with van der Waals surface area (Å²) in [5, 5.41) is 3.25. The molecule has 1 fully saturated rings. The maximum absolute atomic E-state index is 4.32. The van der Waals surface area contributed by atoms with Crippen LogP contribution in [0.5, 0.6) is 0 Å². The number of nitrogens with one attached hydrogen (secondary N) is 1. The molecule has 0 atom stereocenters. The lowest BCUT2D eigenvalue weighted by Gasteiger charge is -2.49. The van der Waals surface area contributed by atoms with E-state index in [4.69, 9.17) is 0 Å². The molecule has 2 heterocycles. The smallest absolute Gasteiger partial charge is 0.0553 e. The van der Waals surface area contributed by atoms with E-state index < -0.39 is 0 Å². The Morgan fingerprint density at radius 1 is 1.47 bits per heavy atom. The van der Waals surface area contributed by atoms with Crippen LogP contribution in [0.25, 0.3) is 0 Å². The summed E-state index contributed by atoms with van der Waals surface area (Å²) in [7, 11) is 2.02. The molecule has 3 heteroatoms. The van der Waals surface area contributed by atoms with Gasteiger partial charge in [0, 0.05) is 30.7 Å². The summed E-state index contributed by atoms with van der Waals surface area (Å²) in [4.78, 5) is 6.70. The Morgan fingerprint density at radius 2 is 2.20 bits per heavy atom. The first kappa shape index (κ1) is 10.4. The SMILES string of the molecule is CNCC1(C)CN(c2ccc(C)nc2)C1. The van der Waals surface area contributed by atoms with Crippen molar-refractivity contribution in [1.82, 2.24) is 10.3 Å². The van der Waals surface area contributed by atoms with Gasteiger partial charge >= 0.3 is 0 Å². The van der Waals surface area contributed by atoms with Crippen LogP contribution in [0.4, 0.5) is 5.69 Å². The van der Waals surface area contributed by atoms with Crippen molar-refractivity contribution in [3.63, 3.8) is 0 Å². The summed E-state index contributed by atoms with van der Waals surface area (Å²) in [6, 6.07) is 4.23. The largest absolute Gasteiger partial charge is 0.369 e. The minimum atomic E-state index is 0.430. The Hall–Kier alpha value is -1.09. The number of aryl methyl sites for hydroxylation is 1. The molecule has 1 aromatic rings. The average Bonchev–Trinajstić information content (AvgIpc) is 2.16. The minimum Gasteiger partial charge on any atom is -0.369 e. The molecule has 15 heavy (non-hydrogen) atoms. The Bertz CT molecular complexity index is 325. The lowest BCUT2D eigenvalue weighted by Crippen LogP contribution is -2.58. The molecule has 1 aliphatic heterocycles. The first-order chi connectivity index (χ1) is 7.13. The van der Waals surface area contributed by atoms with Crippen LogP contribution >= 0.6 is 0 Å². The summed E-state index contributed by atoms with van der Waals surface area (Å²) in [5.41, 5.74) is 2.76. The molecule has 2 rings (SSSR count). The average molecular weight is 205 g/mol. The lowest BCUT2D eigenvalue weighted by molar-refractivity contribution is 0.238. The normalized spacial score (nSPS) is 18.7. The summed E-state index contributed by atoms with van der Waals surface area (Å²) < 4.78 is 0. The van der Waals surface area contributed by atoms with Crippen molar-refractivity contribution in [2.75, 3.05) is 31.6 Å². The zero-order chi connectivity index (χ0) is 10.9. The molecule has 0 amide bonds. The summed E-state index contributed by atoms with van der Waals surface area (Å²) in [6.07, 6.45) is 1.97. The van der Waals surface area contributed by atoms with E-state index in [0.29, 0.717) is 5.41 Å². The molecule has 1 aromatic heterocycles. The predicted molar refractivity (Wildman–Crippen MR) is 63.2 cm³/mol. The van der Waals surface area contributed by atoms with Crippen molar-refractivity contribution in [1.29, 1.82) is 0 Å². The van der Waals surface area contributed by atoms with Crippen LogP contribution in [0.15, 0.2) is 18.3 Å². The van der Waals surface area contributed by atoms with Crippen molar-refractivity contribution in [2.24, 2.45) is 5.41 Å². The third-order valence-electron chi connectivity index (χ3n) is 3.01. The molecule has 1 aliphatic rings. The molecule has 0 radical (unpaired) electrons. The van der Waals surface area contributed by atoms with E-state index >= 15 is 0 Å². The molecule has 1 saturated heterocycles. The maximum Gasteiger partial charge on any atom is 0.0553 e. The van der Waals surface area contributed by atoms with E-state index in [-0.39, 0.29) is 0 Å². The van der Waals surface area contributed by atoms with Gasteiger partial charge in [-0.3, -0.25) is 4.98 Å². The molecule has 0 aromatic carbocycles. The lowest BCUT2D eigenvalue weighted by atomic mass is 9.81. The molecule has 0 aliphatic carbocycles. The second kappa shape index (κ2) is 3.81. The number of aromatic nitrogens is 1. The summed E-state index contributed by atoms with van der Waals surface area (Å²) in [5.74, 6) is 0. The van der Waals surface area contributed by atoms with Gasteiger partial charge < -0.3 is 10.2 Å². The van der Waals surface area contributed by atoms with Crippen molar-refractivity contribution in [2.45, 2.75) is 13.8 Å². The van der Waals surface area contributed by atoms with Crippen LogP contribution in [0.2, 0.25) is 0 Å². The van der Waals surface area contributed by atoms with E-state index in [0.717, 1.165) is 25.3 Å². The van der Waals surface area contributed by atoms with Gasteiger partial charge in [-0.2, -0.15) is 0 Å². The van der Waals surface area contributed by atoms with Crippen molar-refractivity contribution < 1.29 is 0 Å². The molecule has 0 saturated carbocycles. The van der Waals surface area contributed by atoms with Crippen LogP contribution in [-0.2, 0) is 0 Å². The van der Waals surface area contributed by atoms with Gasteiger partial charge in [0.2, 0.25) is 0 Å². The zero-order valence-electron chi connectivity index (χ0n) is 9.75. The van der Waals surface area contributed by atoms with Gasteiger partial charge in [0.1, 0.15) is 0 Å². The van der Waals surface area contributed by atoms with Gasteiger partial charge in [0.25, 0.3) is 0 Å². The number of hydrogen-bond donors (Lipinski definition) is 1. The van der Waals surface area contributed by atoms with E-state index in [1.165, 1.54) is 5.69 Å². The standard InChI is InChI=1S/C12H19N3/c1-10-4-5-11(6-14-10)15-8-12(2,9-15)7-13-3/h4-6,13H,7-9H2,1-3H3. The molecular formula is C12H19N3. The summed E-state index contributed by atoms with van der Waals surface area (Å²) >= 11 is 0. The van der Waals surface area contributed by atoms with E-state index in [9.17, 15) is 0 Å². The van der Waals surface area contributed by atoms with Crippen LogP contribution in [-0.4, -0.2) is 31.7 Å². The van der Waals surface area contributed by atoms with Crippen LogP contribution < -0.4 is 10.2 Å². The summed E-state index contributed by atoms with van der Waals surface area (Å²) in [6.45, 7) is 7.67. The van der Waals surface area contributed by atoms with Crippen LogP contribution in [0.3, 0.4) is 0 Å². The Morgan fingerprint density at radius 3 is 2.73 bits per heavy atom. The van der Waals surface area contributed by atoms with Gasteiger partial charge in [-0.05, 0) is 26.1 Å². The van der Waals surface area contributed by atoms with Gasteiger partial charge in [-0.15, -0.1) is 0 Å². The number of rotatable bonds is 3.